The molecule has 1 atom stereocenters. The number of nitrogens with one attached hydrogen (secondary N) is 1. The number of aromatic nitrogens is 4. The Morgan fingerprint density at radius 3 is 2.95 bits per heavy atom. The Bertz CT molecular complexity index is 693. The van der Waals surface area contributed by atoms with Crippen LogP contribution in [0, 0.1) is 0 Å². The lowest BCUT2D eigenvalue weighted by Crippen LogP contribution is -2.19. The van der Waals surface area contributed by atoms with Crippen LogP contribution < -0.4 is 11.1 Å². The number of fused-ring (bicyclic) bond motifs is 1. The average Bonchev–Trinajstić information content (AvgIpc) is 3.05. The van der Waals surface area contributed by atoms with Crippen molar-refractivity contribution >= 4 is 23.0 Å². The van der Waals surface area contributed by atoms with Crippen molar-refractivity contribution in [3.63, 3.8) is 0 Å². The van der Waals surface area contributed by atoms with Crippen LogP contribution in [0.4, 0.5) is 5.82 Å². The number of hydrogen-bond acceptors (Lipinski definition) is 5. The van der Waals surface area contributed by atoms with Gasteiger partial charge in [-0.1, -0.05) is 12.2 Å². The van der Waals surface area contributed by atoms with Crippen molar-refractivity contribution in [2.24, 2.45) is 12.8 Å². The van der Waals surface area contributed by atoms with E-state index >= 15 is 0 Å². The van der Waals surface area contributed by atoms with Crippen molar-refractivity contribution in [3.8, 4) is 0 Å². The third-order valence-corrected chi connectivity index (χ3v) is 4.02. The topological polar surface area (TPSA) is 81.7 Å². The van der Waals surface area contributed by atoms with Gasteiger partial charge in [-0.05, 0) is 37.8 Å². The number of pyridine rings is 1. The van der Waals surface area contributed by atoms with E-state index in [1.807, 2.05) is 18.5 Å². The summed E-state index contributed by atoms with van der Waals surface area (Å²) in [5, 5.41) is 11.4. The van der Waals surface area contributed by atoms with E-state index in [2.05, 4.69) is 21.6 Å². The molecule has 0 spiro atoms. The summed E-state index contributed by atoms with van der Waals surface area (Å²) in [6, 6.07) is 2.04. The minimum atomic E-state index is -0.0300. The van der Waals surface area contributed by atoms with Gasteiger partial charge in [0.05, 0.1) is 11.6 Å². The van der Waals surface area contributed by atoms with Crippen LogP contribution in [-0.2, 0) is 19.9 Å². The molecule has 2 heterocycles. The second kappa shape index (κ2) is 5.40. The molecule has 3 N–H and O–H groups in total. The molecule has 2 aromatic rings. The third kappa shape index (κ3) is 2.61. The van der Waals surface area contributed by atoms with Crippen LogP contribution in [0.3, 0.4) is 0 Å². The molecule has 1 aliphatic rings. The standard InChI is InChI=1S/C14H18N6S/c1-8(14-19-16-7-20(14)2)17-13-10(12(15)21)6-9-4-3-5-11(9)18-13/h6-8H,3-5H2,1-2H3,(H2,15,21)(H,17,18). The molecule has 6 nitrogen and oxygen atoms in total. The molecule has 0 saturated heterocycles. The first kappa shape index (κ1) is 13.9. The molecule has 110 valence electrons. The molecule has 0 radical (unpaired) electrons. The fraction of sp³-hybridized carbons (Fsp3) is 0.429. The molecule has 7 heteroatoms. The minimum absolute atomic E-state index is 0.0300. The number of nitrogens with zero attached hydrogens (tertiary/aromatic N) is 4. The van der Waals surface area contributed by atoms with Crippen LogP contribution in [0.25, 0.3) is 0 Å². The van der Waals surface area contributed by atoms with Gasteiger partial charge in [0.1, 0.15) is 17.1 Å². The van der Waals surface area contributed by atoms with Crippen LogP contribution in [0.5, 0.6) is 0 Å². The van der Waals surface area contributed by atoms with Crippen molar-refractivity contribution in [3.05, 3.63) is 35.0 Å². The predicted molar refractivity (Wildman–Crippen MR) is 85.2 cm³/mol. The first-order valence-electron chi connectivity index (χ1n) is 6.99. The highest BCUT2D eigenvalue weighted by Crippen LogP contribution is 2.27. The number of rotatable bonds is 4. The molecule has 0 aliphatic heterocycles. The number of anilines is 1. The first-order valence-corrected chi connectivity index (χ1v) is 7.40. The Morgan fingerprint density at radius 1 is 1.48 bits per heavy atom. The summed E-state index contributed by atoms with van der Waals surface area (Å²) in [4.78, 5) is 5.08. The molecule has 3 rings (SSSR count). The summed E-state index contributed by atoms with van der Waals surface area (Å²) in [5.74, 6) is 1.57. The Balaban J connectivity index is 1.94. The summed E-state index contributed by atoms with van der Waals surface area (Å²) in [6.07, 6.45) is 4.89. The fourth-order valence-electron chi connectivity index (χ4n) is 2.72. The highest BCUT2D eigenvalue weighted by atomic mass is 32.1. The van der Waals surface area contributed by atoms with E-state index in [4.69, 9.17) is 22.9 Å². The highest BCUT2D eigenvalue weighted by molar-refractivity contribution is 7.80. The molecule has 21 heavy (non-hydrogen) atoms. The van der Waals surface area contributed by atoms with Crippen LogP contribution in [0.2, 0.25) is 0 Å². The molecule has 0 amide bonds. The fourth-order valence-corrected chi connectivity index (χ4v) is 2.88. The third-order valence-electron chi connectivity index (χ3n) is 3.80. The zero-order valence-electron chi connectivity index (χ0n) is 12.1. The molecule has 2 aromatic heterocycles. The number of aryl methyl sites for hydroxylation is 3. The molecule has 0 saturated carbocycles. The molecule has 0 aromatic carbocycles. The number of thiocarbonyl (C=S) groups is 1. The van der Waals surface area contributed by atoms with E-state index < -0.39 is 0 Å². The van der Waals surface area contributed by atoms with Crippen LogP contribution in [0.15, 0.2) is 12.4 Å². The minimum Gasteiger partial charge on any atom is -0.389 e. The molecule has 0 fully saturated rings. The molecular formula is C14H18N6S. The Kier molecular flexibility index (Phi) is 3.59. The predicted octanol–water partition coefficient (Wildman–Crippen LogP) is 1.51. The van der Waals surface area contributed by atoms with Gasteiger partial charge in [0.15, 0.2) is 5.82 Å². The number of hydrogen-bond donors (Lipinski definition) is 2. The SMILES string of the molecule is CC(Nc1nc2c(cc1C(N)=S)CCC2)c1nncn1C. The summed E-state index contributed by atoms with van der Waals surface area (Å²) < 4.78 is 1.88. The van der Waals surface area contributed by atoms with Crippen molar-refractivity contribution < 1.29 is 0 Å². The maximum Gasteiger partial charge on any atom is 0.154 e. The normalized spacial score (nSPS) is 14.8. The van der Waals surface area contributed by atoms with Crippen LogP contribution in [-0.4, -0.2) is 24.7 Å². The van der Waals surface area contributed by atoms with Gasteiger partial charge in [-0.2, -0.15) is 0 Å². The molecular weight excluding hydrogens is 284 g/mol. The van der Waals surface area contributed by atoms with Gasteiger partial charge in [-0.3, -0.25) is 0 Å². The Labute approximate surface area is 128 Å². The van der Waals surface area contributed by atoms with Gasteiger partial charge in [0, 0.05) is 12.7 Å². The summed E-state index contributed by atoms with van der Waals surface area (Å²) in [5.41, 5.74) is 9.06. The zero-order chi connectivity index (χ0) is 15.0. The van der Waals surface area contributed by atoms with Gasteiger partial charge in [0.25, 0.3) is 0 Å². The zero-order valence-corrected chi connectivity index (χ0v) is 12.9. The van der Waals surface area contributed by atoms with E-state index in [0.29, 0.717) is 4.99 Å². The average molecular weight is 302 g/mol. The molecule has 0 bridgehead atoms. The van der Waals surface area contributed by atoms with E-state index in [0.717, 1.165) is 42.2 Å². The smallest absolute Gasteiger partial charge is 0.154 e. The quantitative estimate of drug-likeness (QED) is 0.833. The van der Waals surface area contributed by atoms with Crippen molar-refractivity contribution in [2.75, 3.05) is 5.32 Å². The second-order valence-corrected chi connectivity index (χ2v) is 5.81. The second-order valence-electron chi connectivity index (χ2n) is 5.37. The Morgan fingerprint density at radius 2 is 2.29 bits per heavy atom. The number of nitrogens with two attached hydrogens (primary N) is 1. The van der Waals surface area contributed by atoms with Gasteiger partial charge < -0.3 is 15.6 Å². The Hall–Kier alpha value is -2.02. The van der Waals surface area contributed by atoms with Crippen molar-refractivity contribution in [2.45, 2.75) is 32.2 Å². The monoisotopic (exact) mass is 302 g/mol. The molecule has 1 aliphatic carbocycles. The van der Waals surface area contributed by atoms with Crippen molar-refractivity contribution in [1.29, 1.82) is 0 Å². The molecule has 1 unspecified atom stereocenters. The van der Waals surface area contributed by atoms with Gasteiger partial charge >= 0.3 is 0 Å². The summed E-state index contributed by atoms with van der Waals surface area (Å²) in [6.45, 7) is 2.02. The van der Waals surface area contributed by atoms with Gasteiger partial charge in [-0.15, -0.1) is 10.2 Å². The highest BCUT2D eigenvalue weighted by Gasteiger charge is 2.20. The van der Waals surface area contributed by atoms with E-state index in [-0.39, 0.29) is 6.04 Å². The van der Waals surface area contributed by atoms with E-state index in [9.17, 15) is 0 Å². The van der Waals surface area contributed by atoms with Crippen molar-refractivity contribution in [1.82, 2.24) is 19.7 Å². The van der Waals surface area contributed by atoms with Gasteiger partial charge in [0.2, 0.25) is 0 Å². The summed E-state index contributed by atoms with van der Waals surface area (Å²) >= 11 is 5.16. The van der Waals surface area contributed by atoms with Crippen LogP contribution >= 0.6 is 12.2 Å². The lowest BCUT2D eigenvalue weighted by Gasteiger charge is -2.17. The maximum atomic E-state index is 5.85. The van der Waals surface area contributed by atoms with Crippen LogP contribution in [0.1, 0.15) is 42.0 Å². The lowest BCUT2D eigenvalue weighted by molar-refractivity contribution is 0.715. The maximum absolute atomic E-state index is 5.85. The van der Waals surface area contributed by atoms with E-state index in [1.54, 1.807) is 6.33 Å². The summed E-state index contributed by atoms with van der Waals surface area (Å²) in [7, 11) is 1.91. The largest absolute Gasteiger partial charge is 0.389 e. The van der Waals surface area contributed by atoms with Gasteiger partial charge in [-0.25, -0.2) is 4.98 Å². The lowest BCUT2D eigenvalue weighted by atomic mass is 10.1. The first-order chi connectivity index (χ1) is 10.1. The van der Waals surface area contributed by atoms with E-state index in [1.165, 1.54) is 5.56 Å².